The molecule has 2 rings (SSSR count). The van der Waals surface area contributed by atoms with Crippen LogP contribution in [0.15, 0.2) is 29.2 Å². The number of hydrogen-bond acceptors (Lipinski definition) is 2. The highest BCUT2D eigenvalue weighted by Gasteiger charge is 2.21. The summed E-state index contributed by atoms with van der Waals surface area (Å²) in [4.78, 5) is 1.43. The normalized spacial score (nSPS) is 20.7. The van der Waals surface area contributed by atoms with E-state index in [1.54, 1.807) is 0 Å². The first-order valence-electron chi connectivity index (χ1n) is 5.23. The number of hydrogen-bond donors (Lipinski definition) is 1. The molecule has 0 amide bonds. The van der Waals surface area contributed by atoms with Crippen LogP contribution in [-0.2, 0) is 6.42 Å². The van der Waals surface area contributed by atoms with E-state index < -0.39 is 0 Å². The summed E-state index contributed by atoms with van der Waals surface area (Å²) in [6.07, 6.45) is 6.48. The number of thioether (sulfide) groups is 1. The second-order valence-corrected chi connectivity index (χ2v) is 5.19. The van der Waals surface area contributed by atoms with Crippen molar-refractivity contribution in [2.45, 2.75) is 29.5 Å². The third-order valence-corrected chi connectivity index (χ3v) is 3.93. The van der Waals surface area contributed by atoms with Crippen LogP contribution in [0.4, 0.5) is 0 Å². The standard InChI is InChI=1S/C13H15NS/c1-3-10(2)14-9-12-8-11-6-4-5-7-13(11)15-12/h1,4-7,10,12,14H,8-9H2,2H3. The summed E-state index contributed by atoms with van der Waals surface area (Å²) in [7, 11) is 0. The first-order chi connectivity index (χ1) is 7.29. The van der Waals surface area contributed by atoms with Gasteiger partial charge in [0.2, 0.25) is 0 Å². The van der Waals surface area contributed by atoms with Gasteiger partial charge < -0.3 is 5.32 Å². The number of terminal acetylenes is 1. The topological polar surface area (TPSA) is 12.0 Å². The molecule has 1 nitrogen and oxygen atoms in total. The molecular weight excluding hydrogens is 202 g/mol. The van der Waals surface area contributed by atoms with Gasteiger partial charge in [0, 0.05) is 16.7 Å². The lowest BCUT2D eigenvalue weighted by Gasteiger charge is -2.11. The predicted molar refractivity (Wildman–Crippen MR) is 66.1 cm³/mol. The largest absolute Gasteiger partial charge is 0.303 e. The van der Waals surface area contributed by atoms with Gasteiger partial charge in [-0.05, 0) is 25.0 Å². The zero-order valence-electron chi connectivity index (χ0n) is 8.86. The summed E-state index contributed by atoms with van der Waals surface area (Å²) in [5.41, 5.74) is 1.47. The minimum absolute atomic E-state index is 0.175. The first-order valence-corrected chi connectivity index (χ1v) is 6.11. The molecule has 2 heteroatoms. The molecule has 0 fully saturated rings. The molecule has 2 atom stereocenters. The fourth-order valence-electron chi connectivity index (χ4n) is 1.73. The van der Waals surface area contributed by atoms with E-state index in [0.717, 1.165) is 13.0 Å². The van der Waals surface area contributed by atoms with Gasteiger partial charge in [0.1, 0.15) is 0 Å². The lowest BCUT2D eigenvalue weighted by atomic mass is 10.1. The van der Waals surface area contributed by atoms with Gasteiger partial charge in [-0.2, -0.15) is 0 Å². The molecule has 0 radical (unpaired) electrons. The van der Waals surface area contributed by atoms with E-state index in [2.05, 4.69) is 35.5 Å². The van der Waals surface area contributed by atoms with E-state index in [1.165, 1.54) is 10.5 Å². The second-order valence-electron chi connectivity index (χ2n) is 3.85. The summed E-state index contributed by atoms with van der Waals surface area (Å²) >= 11 is 1.96. The molecule has 1 aromatic rings. The second kappa shape index (κ2) is 4.74. The van der Waals surface area contributed by atoms with Crippen molar-refractivity contribution in [3.63, 3.8) is 0 Å². The number of rotatable bonds is 3. The molecule has 1 heterocycles. The Morgan fingerprint density at radius 3 is 3.13 bits per heavy atom. The predicted octanol–water partition coefficient (Wildman–Crippen LogP) is 2.31. The van der Waals surface area contributed by atoms with Crippen LogP contribution in [0, 0.1) is 12.3 Å². The van der Waals surface area contributed by atoms with E-state index in [4.69, 9.17) is 6.42 Å². The van der Waals surface area contributed by atoms with Gasteiger partial charge in [0.25, 0.3) is 0 Å². The van der Waals surface area contributed by atoms with Gasteiger partial charge in [0.15, 0.2) is 0 Å². The minimum atomic E-state index is 0.175. The van der Waals surface area contributed by atoms with E-state index in [-0.39, 0.29) is 6.04 Å². The fraction of sp³-hybridized carbons (Fsp3) is 0.385. The highest BCUT2D eigenvalue weighted by atomic mass is 32.2. The van der Waals surface area contributed by atoms with E-state index >= 15 is 0 Å². The molecule has 0 bridgehead atoms. The lowest BCUT2D eigenvalue weighted by molar-refractivity contribution is 0.630. The Kier molecular flexibility index (Phi) is 3.35. The van der Waals surface area contributed by atoms with E-state index in [0.29, 0.717) is 5.25 Å². The third-order valence-electron chi connectivity index (χ3n) is 2.62. The zero-order valence-corrected chi connectivity index (χ0v) is 9.68. The average Bonchev–Trinajstić information content (AvgIpc) is 2.68. The maximum atomic E-state index is 5.32. The quantitative estimate of drug-likeness (QED) is 0.780. The van der Waals surface area contributed by atoms with Crippen molar-refractivity contribution in [2.75, 3.05) is 6.54 Å². The van der Waals surface area contributed by atoms with Crippen molar-refractivity contribution in [1.29, 1.82) is 0 Å². The van der Waals surface area contributed by atoms with Crippen molar-refractivity contribution < 1.29 is 0 Å². The maximum absolute atomic E-state index is 5.32. The maximum Gasteiger partial charge on any atom is 0.0658 e. The number of nitrogens with one attached hydrogen (secondary N) is 1. The number of fused-ring (bicyclic) bond motifs is 1. The SMILES string of the molecule is C#CC(C)NCC1Cc2ccccc2S1. The highest BCUT2D eigenvalue weighted by Crippen LogP contribution is 2.36. The van der Waals surface area contributed by atoms with Gasteiger partial charge in [-0.25, -0.2) is 0 Å². The van der Waals surface area contributed by atoms with Crippen molar-refractivity contribution in [1.82, 2.24) is 5.32 Å². The van der Waals surface area contributed by atoms with Crippen LogP contribution in [0.25, 0.3) is 0 Å². The fourth-order valence-corrected chi connectivity index (χ4v) is 3.00. The summed E-state index contributed by atoms with van der Waals surface area (Å²) in [6.45, 7) is 3.01. The Bertz CT molecular complexity index is 355. The minimum Gasteiger partial charge on any atom is -0.303 e. The summed E-state index contributed by atoms with van der Waals surface area (Å²) in [6, 6.07) is 8.80. The Hall–Kier alpha value is -0.910. The smallest absolute Gasteiger partial charge is 0.0658 e. The molecule has 0 aromatic heterocycles. The van der Waals surface area contributed by atoms with Crippen LogP contribution in [0.2, 0.25) is 0 Å². The van der Waals surface area contributed by atoms with Crippen molar-refractivity contribution in [2.24, 2.45) is 0 Å². The van der Waals surface area contributed by atoms with Crippen LogP contribution >= 0.6 is 11.8 Å². The Morgan fingerprint density at radius 2 is 2.40 bits per heavy atom. The Morgan fingerprint density at radius 1 is 1.60 bits per heavy atom. The van der Waals surface area contributed by atoms with Gasteiger partial charge >= 0.3 is 0 Å². The summed E-state index contributed by atoms with van der Waals surface area (Å²) in [5, 5.41) is 3.99. The van der Waals surface area contributed by atoms with Crippen LogP contribution in [0.5, 0.6) is 0 Å². The van der Waals surface area contributed by atoms with E-state index in [1.807, 2.05) is 18.7 Å². The highest BCUT2D eigenvalue weighted by molar-refractivity contribution is 8.00. The van der Waals surface area contributed by atoms with Gasteiger partial charge in [-0.1, -0.05) is 24.1 Å². The lowest BCUT2D eigenvalue weighted by Crippen LogP contribution is -2.31. The van der Waals surface area contributed by atoms with Gasteiger partial charge in [-0.3, -0.25) is 0 Å². The molecule has 78 valence electrons. The summed E-state index contributed by atoms with van der Waals surface area (Å²) < 4.78 is 0. The molecule has 15 heavy (non-hydrogen) atoms. The van der Waals surface area contributed by atoms with Gasteiger partial charge in [-0.15, -0.1) is 18.2 Å². The molecule has 0 saturated carbocycles. The van der Waals surface area contributed by atoms with Crippen LogP contribution in [-0.4, -0.2) is 17.8 Å². The molecule has 0 spiro atoms. The van der Waals surface area contributed by atoms with Crippen molar-refractivity contribution >= 4 is 11.8 Å². The molecule has 2 unspecified atom stereocenters. The molecule has 0 aliphatic carbocycles. The average molecular weight is 217 g/mol. The molecule has 0 saturated heterocycles. The van der Waals surface area contributed by atoms with Crippen LogP contribution in [0.1, 0.15) is 12.5 Å². The van der Waals surface area contributed by atoms with Crippen molar-refractivity contribution in [3.8, 4) is 12.3 Å². The third kappa shape index (κ3) is 2.56. The van der Waals surface area contributed by atoms with Crippen molar-refractivity contribution in [3.05, 3.63) is 29.8 Å². The summed E-state index contributed by atoms with van der Waals surface area (Å²) in [5.74, 6) is 2.69. The Balaban J connectivity index is 1.89. The molecule has 1 N–H and O–H groups in total. The Labute approximate surface area is 95.7 Å². The molecule has 1 aliphatic rings. The van der Waals surface area contributed by atoms with Crippen LogP contribution < -0.4 is 5.32 Å². The first kappa shape index (κ1) is 10.6. The number of benzene rings is 1. The van der Waals surface area contributed by atoms with E-state index in [9.17, 15) is 0 Å². The molecule has 1 aromatic carbocycles. The zero-order chi connectivity index (χ0) is 10.7. The molecular formula is C13H15NS. The van der Waals surface area contributed by atoms with Gasteiger partial charge in [0.05, 0.1) is 6.04 Å². The van der Waals surface area contributed by atoms with Crippen LogP contribution in [0.3, 0.4) is 0 Å². The molecule has 1 aliphatic heterocycles. The monoisotopic (exact) mass is 217 g/mol.